The van der Waals surface area contributed by atoms with Gasteiger partial charge in [0.25, 0.3) is 0 Å². The molecule has 4 rings (SSSR count). The number of carbonyl (C=O) groups is 2. The Labute approximate surface area is 225 Å². The van der Waals surface area contributed by atoms with E-state index in [1.807, 2.05) is 67.6 Å². The van der Waals surface area contributed by atoms with E-state index in [1.165, 1.54) is 0 Å². The second-order valence-corrected chi connectivity index (χ2v) is 11.4. The van der Waals surface area contributed by atoms with Crippen LogP contribution in [0.5, 0.6) is 0 Å². The molecule has 0 aliphatic heterocycles. The van der Waals surface area contributed by atoms with Crippen molar-refractivity contribution in [2.75, 3.05) is 6.54 Å². The highest BCUT2D eigenvalue weighted by molar-refractivity contribution is 7.89. The van der Waals surface area contributed by atoms with Gasteiger partial charge in [-0.05, 0) is 54.5 Å². The molecule has 0 heterocycles. The van der Waals surface area contributed by atoms with Gasteiger partial charge in [-0.15, -0.1) is 0 Å². The van der Waals surface area contributed by atoms with Crippen molar-refractivity contribution in [2.45, 2.75) is 62.6 Å². The van der Waals surface area contributed by atoms with Gasteiger partial charge in [0.05, 0.1) is 4.90 Å². The molecule has 0 saturated heterocycles. The summed E-state index contributed by atoms with van der Waals surface area (Å²) >= 11 is 0. The van der Waals surface area contributed by atoms with Gasteiger partial charge in [0, 0.05) is 25.6 Å². The highest BCUT2D eigenvalue weighted by Crippen LogP contribution is 2.26. The van der Waals surface area contributed by atoms with Crippen LogP contribution < -0.4 is 10.0 Å². The van der Waals surface area contributed by atoms with E-state index >= 15 is 0 Å². The number of amides is 2. The number of rotatable bonds is 13. The van der Waals surface area contributed by atoms with Crippen molar-refractivity contribution in [3.8, 4) is 0 Å². The number of carbonyl (C=O) groups excluding carboxylic acids is 2. The number of nitrogens with zero attached hydrogens (tertiary/aromatic N) is 1. The normalized spacial score (nSPS) is 14.0. The summed E-state index contributed by atoms with van der Waals surface area (Å²) in [6.45, 7) is 2.81. The first kappa shape index (κ1) is 27.5. The summed E-state index contributed by atoms with van der Waals surface area (Å²) < 4.78 is 27.6. The molecule has 2 N–H and O–H groups in total. The summed E-state index contributed by atoms with van der Waals surface area (Å²) in [5, 5.41) is 2.97. The van der Waals surface area contributed by atoms with Crippen LogP contribution in [0.3, 0.4) is 0 Å². The summed E-state index contributed by atoms with van der Waals surface area (Å²) in [6, 6.07) is 24.9. The molecule has 38 heavy (non-hydrogen) atoms. The van der Waals surface area contributed by atoms with Crippen molar-refractivity contribution in [3.05, 3.63) is 102 Å². The maximum atomic E-state index is 13.7. The van der Waals surface area contributed by atoms with Crippen LogP contribution in [0.4, 0.5) is 0 Å². The van der Waals surface area contributed by atoms with Crippen LogP contribution in [-0.2, 0) is 32.6 Å². The van der Waals surface area contributed by atoms with Crippen molar-refractivity contribution < 1.29 is 18.0 Å². The number of sulfonamides is 1. The lowest BCUT2D eigenvalue weighted by atomic mass is 10.0. The number of hydrogen-bond acceptors (Lipinski definition) is 4. The van der Waals surface area contributed by atoms with E-state index in [9.17, 15) is 18.0 Å². The maximum Gasteiger partial charge on any atom is 0.247 e. The Hall–Kier alpha value is -3.49. The SMILES string of the molecule is CCCNC(=O)[C@@H](c1ccccc1)N(Cc1ccccc1)C(=O)CCc1ccc(S(=O)(=O)NC2CC2)cc1. The van der Waals surface area contributed by atoms with Crippen molar-refractivity contribution in [1.82, 2.24) is 14.9 Å². The fourth-order valence-corrected chi connectivity index (χ4v) is 5.58. The van der Waals surface area contributed by atoms with Gasteiger partial charge in [0.15, 0.2) is 0 Å². The first-order valence-electron chi connectivity index (χ1n) is 13.1. The standard InChI is InChI=1S/C30H35N3O4S/c1-2-21-31-30(35)29(25-11-7-4-8-12-25)33(22-24-9-5-3-6-10-24)28(34)20-15-23-13-18-27(19-14-23)38(36,37)32-26-16-17-26/h3-14,18-19,26,29,32H,2,15-17,20-22H2,1H3,(H,31,35)/t29-/m1/s1. The van der Waals surface area contributed by atoms with Gasteiger partial charge in [0.2, 0.25) is 21.8 Å². The Bertz CT molecular complexity index is 1310. The van der Waals surface area contributed by atoms with Crippen molar-refractivity contribution in [3.63, 3.8) is 0 Å². The number of benzene rings is 3. The van der Waals surface area contributed by atoms with Gasteiger partial charge in [-0.1, -0.05) is 79.7 Å². The molecule has 7 nitrogen and oxygen atoms in total. The van der Waals surface area contributed by atoms with Crippen LogP contribution >= 0.6 is 0 Å². The van der Waals surface area contributed by atoms with E-state index in [2.05, 4.69) is 10.0 Å². The van der Waals surface area contributed by atoms with Gasteiger partial charge in [-0.25, -0.2) is 13.1 Å². The van der Waals surface area contributed by atoms with E-state index in [0.29, 0.717) is 19.5 Å². The molecule has 8 heteroatoms. The molecule has 3 aromatic rings. The molecule has 1 aliphatic carbocycles. The molecule has 1 aliphatic rings. The Balaban J connectivity index is 1.53. The lowest BCUT2D eigenvalue weighted by Crippen LogP contribution is -2.43. The molecule has 1 fully saturated rings. The van der Waals surface area contributed by atoms with E-state index in [1.54, 1.807) is 29.2 Å². The average Bonchev–Trinajstić information content (AvgIpc) is 3.75. The quantitative estimate of drug-likeness (QED) is 0.341. The first-order valence-corrected chi connectivity index (χ1v) is 14.6. The minimum absolute atomic E-state index is 0.0417. The molecule has 3 aromatic carbocycles. The third kappa shape index (κ3) is 7.52. The zero-order chi connectivity index (χ0) is 27.0. The van der Waals surface area contributed by atoms with E-state index in [4.69, 9.17) is 0 Å². The molecular weight excluding hydrogens is 498 g/mol. The first-order chi connectivity index (χ1) is 18.4. The fourth-order valence-electron chi connectivity index (χ4n) is 4.28. The molecule has 0 radical (unpaired) electrons. The third-order valence-electron chi connectivity index (χ3n) is 6.50. The minimum atomic E-state index is -3.52. The summed E-state index contributed by atoms with van der Waals surface area (Å²) in [7, 11) is -3.52. The Morgan fingerprint density at radius 2 is 1.53 bits per heavy atom. The van der Waals surface area contributed by atoms with E-state index < -0.39 is 16.1 Å². The number of hydrogen-bond donors (Lipinski definition) is 2. The van der Waals surface area contributed by atoms with Gasteiger partial charge in [0.1, 0.15) is 6.04 Å². The van der Waals surface area contributed by atoms with Crippen molar-refractivity contribution in [1.29, 1.82) is 0 Å². The maximum absolute atomic E-state index is 13.7. The molecular formula is C30H35N3O4S. The van der Waals surface area contributed by atoms with E-state index in [-0.39, 0.29) is 29.2 Å². The third-order valence-corrected chi connectivity index (χ3v) is 8.04. The molecule has 0 spiro atoms. The monoisotopic (exact) mass is 533 g/mol. The van der Waals surface area contributed by atoms with Gasteiger partial charge in [-0.2, -0.15) is 0 Å². The van der Waals surface area contributed by atoms with Crippen molar-refractivity contribution >= 4 is 21.8 Å². The fraction of sp³-hybridized carbons (Fsp3) is 0.333. The van der Waals surface area contributed by atoms with Crippen LogP contribution in [0.1, 0.15) is 55.3 Å². The lowest BCUT2D eigenvalue weighted by Gasteiger charge is -2.32. The van der Waals surface area contributed by atoms with Crippen molar-refractivity contribution in [2.24, 2.45) is 0 Å². The summed E-state index contributed by atoms with van der Waals surface area (Å²) in [5.41, 5.74) is 2.54. The van der Waals surface area contributed by atoms with Crippen LogP contribution in [-0.4, -0.2) is 37.7 Å². The van der Waals surface area contributed by atoms with Gasteiger partial charge < -0.3 is 10.2 Å². The lowest BCUT2D eigenvalue weighted by molar-refractivity contribution is -0.141. The zero-order valence-corrected chi connectivity index (χ0v) is 22.5. The molecule has 1 saturated carbocycles. The topological polar surface area (TPSA) is 95.6 Å². The predicted octanol–water partition coefficient (Wildman–Crippen LogP) is 4.36. The molecule has 2 amide bonds. The van der Waals surface area contributed by atoms with Crippen LogP contribution in [0.2, 0.25) is 0 Å². The summed E-state index contributed by atoms with van der Waals surface area (Å²) in [6.07, 6.45) is 3.16. The Morgan fingerprint density at radius 3 is 2.13 bits per heavy atom. The van der Waals surface area contributed by atoms with Crippen LogP contribution in [0, 0.1) is 0 Å². The molecule has 0 aromatic heterocycles. The molecule has 0 unspecified atom stereocenters. The van der Waals surface area contributed by atoms with E-state index in [0.717, 1.165) is 36.0 Å². The Morgan fingerprint density at radius 1 is 0.895 bits per heavy atom. The van der Waals surface area contributed by atoms with Crippen LogP contribution in [0.15, 0.2) is 89.8 Å². The van der Waals surface area contributed by atoms with Crippen LogP contribution in [0.25, 0.3) is 0 Å². The number of aryl methyl sites for hydroxylation is 1. The Kier molecular flexibility index (Phi) is 9.31. The van der Waals surface area contributed by atoms with Gasteiger partial charge in [-0.3, -0.25) is 9.59 Å². The predicted molar refractivity (Wildman–Crippen MR) is 148 cm³/mol. The molecule has 200 valence electrons. The summed E-state index contributed by atoms with van der Waals surface area (Å²) in [5.74, 6) is -0.360. The second kappa shape index (κ2) is 12.8. The largest absolute Gasteiger partial charge is 0.354 e. The highest BCUT2D eigenvalue weighted by atomic mass is 32.2. The smallest absolute Gasteiger partial charge is 0.247 e. The number of nitrogens with one attached hydrogen (secondary N) is 2. The minimum Gasteiger partial charge on any atom is -0.354 e. The molecule has 0 bridgehead atoms. The van der Waals surface area contributed by atoms with Gasteiger partial charge >= 0.3 is 0 Å². The molecule has 1 atom stereocenters. The zero-order valence-electron chi connectivity index (χ0n) is 21.7. The average molecular weight is 534 g/mol. The highest BCUT2D eigenvalue weighted by Gasteiger charge is 2.31. The second-order valence-electron chi connectivity index (χ2n) is 9.65. The summed E-state index contributed by atoms with van der Waals surface area (Å²) in [4.78, 5) is 28.9.